The van der Waals surface area contributed by atoms with Crippen LogP contribution in [0.3, 0.4) is 0 Å². The molecule has 0 bridgehead atoms. The van der Waals surface area contributed by atoms with Crippen LogP contribution in [0, 0.1) is 24.2 Å². The second-order valence-electron chi connectivity index (χ2n) is 5.82. The number of ketones is 1. The molecule has 1 aromatic heterocycles. The summed E-state index contributed by atoms with van der Waals surface area (Å²) in [5.74, 6) is -0.602. The van der Waals surface area contributed by atoms with Crippen molar-refractivity contribution in [2.45, 2.75) is 32.1 Å². The number of fused-ring (bicyclic) bond motifs is 1. The maximum absolute atomic E-state index is 11.6. The van der Waals surface area contributed by atoms with E-state index in [0.717, 1.165) is 5.56 Å². The molecule has 2 aromatic rings. The van der Waals surface area contributed by atoms with Gasteiger partial charge in [-0.05, 0) is 37.1 Å². The van der Waals surface area contributed by atoms with Crippen molar-refractivity contribution in [1.29, 1.82) is 5.26 Å². The third-order valence-corrected chi connectivity index (χ3v) is 4.28. The number of hydrogen-bond donors (Lipinski definition) is 3. The number of Topliss-reactive ketones (excluding diaryl/α,β-unsaturated/α-hetero) is 1. The van der Waals surface area contributed by atoms with Gasteiger partial charge in [0.05, 0.1) is 12.3 Å². The van der Waals surface area contributed by atoms with E-state index in [1.165, 1.54) is 6.20 Å². The number of carbonyl (C=O) groups excluding carboxylic acids is 1. The van der Waals surface area contributed by atoms with Gasteiger partial charge in [0.25, 0.3) is 0 Å². The van der Waals surface area contributed by atoms with Crippen molar-refractivity contribution in [3.8, 4) is 6.07 Å². The molecule has 0 fully saturated rings. The molecule has 0 saturated heterocycles. The second kappa shape index (κ2) is 6.43. The molecule has 3 rings (SSSR count). The highest BCUT2D eigenvalue weighted by Gasteiger charge is 2.31. The average Bonchev–Trinajstić information content (AvgIpc) is 3.14. The number of nitrogens with zero attached hydrogens (tertiary/aromatic N) is 2. The van der Waals surface area contributed by atoms with Crippen molar-refractivity contribution in [2.75, 3.05) is 5.32 Å². The number of anilines is 1. The molecule has 0 aliphatic heterocycles. The highest BCUT2D eigenvalue weighted by molar-refractivity contribution is 6.00. The zero-order chi connectivity index (χ0) is 17.3. The van der Waals surface area contributed by atoms with Gasteiger partial charge >= 0.3 is 0 Å². The van der Waals surface area contributed by atoms with Crippen LogP contribution in [0.2, 0.25) is 0 Å². The number of nitrogens with one attached hydrogen (secondary N) is 1. The van der Waals surface area contributed by atoms with E-state index in [0.29, 0.717) is 35.4 Å². The van der Waals surface area contributed by atoms with Crippen LogP contribution in [-0.4, -0.2) is 27.4 Å². The first-order valence-electron chi connectivity index (χ1n) is 7.61. The number of nitriles is 1. The largest absolute Gasteiger partial charge is 0.387 e. The summed E-state index contributed by atoms with van der Waals surface area (Å²) >= 11 is 0. The van der Waals surface area contributed by atoms with Gasteiger partial charge in [-0.15, -0.1) is 0 Å². The summed E-state index contributed by atoms with van der Waals surface area (Å²) in [7, 11) is 0. The lowest BCUT2D eigenvalue weighted by molar-refractivity contribution is 0.0534. The lowest BCUT2D eigenvalue weighted by atomic mass is 9.96. The summed E-state index contributed by atoms with van der Waals surface area (Å²) in [4.78, 5) is 11.6. The van der Waals surface area contributed by atoms with Crippen LogP contribution in [0.4, 0.5) is 5.69 Å². The maximum Gasteiger partial charge on any atom is 0.163 e. The summed E-state index contributed by atoms with van der Waals surface area (Å²) in [6.07, 6.45) is -0.0374. The predicted octanol–water partition coefficient (Wildman–Crippen LogP) is 1.72. The third-order valence-electron chi connectivity index (χ3n) is 4.28. The van der Waals surface area contributed by atoms with Crippen LogP contribution in [0.5, 0.6) is 0 Å². The fourth-order valence-corrected chi connectivity index (χ4v) is 2.90. The molecule has 1 aromatic carbocycles. The first-order chi connectivity index (χ1) is 11.5. The molecule has 1 aliphatic carbocycles. The van der Waals surface area contributed by atoms with Gasteiger partial charge in [-0.1, -0.05) is 5.16 Å². The molecular formula is C17H17N3O4. The van der Waals surface area contributed by atoms with Crippen LogP contribution in [0.1, 0.15) is 39.8 Å². The molecule has 7 heteroatoms. The molecule has 1 heterocycles. The highest BCUT2D eigenvalue weighted by atomic mass is 16.5. The lowest BCUT2D eigenvalue weighted by Gasteiger charge is -2.23. The number of rotatable bonds is 5. The van der Waals surface area contributed by atoms with E-state index in [-0.39, 0.29) is 5.78 Å². The van der Waals surface area contributed by atoms with Crippen LogP contribution in [-0.2, 0) is 6.42 Å². The molecule has 1 aliphatic rings. The van der Waals surface area contributed by atoms with E-state index < -0.39 is 18.2 Å². The summed E-state index contributed by atoms with van der Waals surface area (Å²) in [6, 6.07) is 7.08. The molecule has 0 radical (unpaired) electrons. The van der Waals surface area contributed by atoms with Gasteiger partial charge in [0.15, 0.2) is 5.78 Å². The summed E-state index contributed by atoms with van der Waals surface area (Å²) < 4.78 is 4.89. The molecule has 124 valence electrons. The first kappa shape index (κ1) is 16.2. The minimum atomic E-state index is -1.30. The molecule has 0 saturated carbocycles. The topological polar surface area (TPSA) is 119 Å². The Hall–Kier alpha value is -2.69. The zero-order valence-electron chi connectivity index (χ0n) is 13.1. The molecule has 24 heavy (non-hydrogen) atoms. The standard InChI is InChI=1S/C17H17N3O4/c1-9-14(8-19-24-9)16(22)13(7-18)17(23)20-11-3-4-12-10(6-11)2-5-15(12)21/h3-4,6,8,13,16-17,20,22-23H,2,5H2,1H3. The second-order valence-corrected chi connectivity index (χ2v) is 5.82. The molecule has 7 nitrogen and oxygen atoms in total. The number of benzene rings is 1. The van der Waals surface area contributed by atoms with Crippen molar-refractivity contribution in [3.63, 3.8) is 0 Å². The average molecular weight is 327 g/mol. The van der Waals surface area contributed by atoms with E-state index in [2.05, 4.69) is 10.5 Å². The number of aliphatic hydroxyl groups is 2. The van der Waals surface area contributed by atoms with Crippen molar-refractivity contribution in [2.24, 2.45) is 5.92 Å². The van der Waals surface area contributed by atoms with E-state index in [1.54, 1.807) is 25.1 Å². The summed E-state index contributed by atoms with van der Waals surface area (Å²) in [5, 5.41) is 36.3. The highest BCUT2D eigenvalue weighted by Crippen LogP contribution is 2.29. The quantitative estimate of drug-likeness (QED) is 0.715. The number of aryl methyl sites for hydroxylation is 2. The van der Waals surface area contributed by atoms with E-state index in [4.69, 9.17) is 4.52 Å². The van der Waals surface area contributed by atoms with E-state index >= 15 is 0 Å². The fraction of sp³-hybridized carbons (Fsp3) is 0.353. The van der Waals surface area contributed by atoms with Gasteiger partial charge in [-0.2, -0.15) is 5.26 Å². The Labute approximate surface area is 138 Å². The Kier molecular flexibility index (Phi) is 4.34. The van der Waals surface area contributed by atoms with Crippen molar-refractivity contribution in [1.82, 2.24) is 5.16 Å². The van der Waals surface area contributed by atoms with Crippen LogP contribution < -0.4 is 5.32 Å². The zero-order valence-corrected chi connectivity index (χ0v) is 13.1. The molecule has 3 unspecified atom stereocenters. The van der Waals surface area contributed by atoms with E-state index in [1.807, 2.05) is 6.07 Å². The molecule has 0 amide bonds. The fourth-order valence-electron chi connectivity index (χ4n) is 2.90. The number of carbonyl (C=O) groups is 1. The van der Waals surface area contributed by atoms with Gasteiger partial charge in [0.2, 0.25) is 0 Å². The minimum Gasteiger partial charge on any atom is -0.387 e. The van der Waals surface area contributed by atoms with E-state index in [9.17, 15) is 20.3 Å². The molecular weight excluding hydrogens is 310 g/mol. The molecule has 3 atom stereocenters. The Balaban J connectivity index is 1.76. The van der Waals surface area contributed by atoms with Crippen molar-refractivity contribution in [3.05, 3.63) is 46.8 Å². The van der Waals surface area contributed by atoms with Gasteiger partial charge in [0.1, 0.15) is 24.0 Å². The third kappa shape index (κ3) is 2.89. The lowest BCUT2D eigenvalue weighted by Crippen LogP contribution is -2.32. The summed E-state index contributed by atoms with van der Waals surface area (Å²) in [6.45, 7) is 1.62. The van der Waals surface area contributed by atoms with Crippen LogP contribution >= 0.6 is 0 Å². The van der Waals surface area contributed by atoms with Gasteiger partial charge in [-0.25, -0.2) is 0 Å². The normalized spacial score (nSPS) is 17.0. The monoisotopic (exact) mass is 327 g/mol. The Morgan fingerprint density at radius 3 is 2.83 bits per heavy atom. The van der Waals surface area contributed by atoms with Crippen LogP contribution in [0.25, 0.3) is 0 Å². The molecule has 3 N–H and O–H groups in total. The van der Waals surface area contributed by atoms with Gasteiger partial charge in [0, 0.05) is 23.2 Å². The Morgan fingerprint density at radius 1 is 1.38 bits per heavy atom. The Bertz CT molecular complexity index is 808. The number of aliphatic hydroxyl groups excluding tert-OH is 2. The first-order valence-corrected chi connectivity index (χ1v) is 7.61. The van der Waals surface area contributed by atoms with Gasteiger partial charge in [-0.3, -0.25) is 4.79 Å². The van der Waals surface area contributed by atoms with Crippen molar-refractivity contribution >= 4 is 11.5 Å². The Morgan fingerprint density at radius 2 is 2.17 bits per heavy atom. The SMILES string of the molecule is Cc1oncc1C(O)C(C#N)C(O)Nc1ccc2c(c1)CCC2=O. The number of hydrogen-bond acceptors (Lipinski definition) is 7. The van der Waals surface area contributed by atoms with Crippen LogP contribution in [0.15, 0.2) is 28.9 Å². The smallest absolute Gasteiger partial charge is 0.163 e. The summed E-state index contributed by atoms with van der Waals surface area (Å²) in [5.41, 5.74) is 2.57. The number of aromatic nitrogens is 1. The maximum atomic E-state index is 11.6. The minimum absolute atomic E-state index is 0.116. The molecule has 0 spiro atoms. The van der Waals surface area contributed by atoms with Gasteiger partial charge < -0.3 is 20.1 Å². The van der Waals surface area contributed by atoms with Crippen molar-refractivity contribution < 1.29 is 19.5 Å². The predicted molar refractivity (Wildman–Crippen MR) is 84.0 cm³/mol.